The summed E-state index contributed by atoms with van der Waals surface area (Å²) >= 11 is 0. The molecule has 0 spiro atoms. The predicted octanol–water partition coefficient (Wildman–Crippen LogP) is 3.23. The van der Waals surface area contributed by atoms with Gasteiger partial charge in [0.1, 0.15) is 18.1 Å². The molecule has 2 heterocycles. The number of aromatic nitrogens is 2. The van der Waals surface area contributed by atoms with E-state index in [0.717, 1.165) is 18.6 Å². The van der Waals surface area contributed by atoms with Gasteiger partial charge in [-0.3, -0.25) is 4.79 Å². The second-order valence-corrected chi connectivity index (χ2v) is 5.59. The van der Waals surface area contributed by atoms with Gasteiger partial charge < -0.3 is 9.15 Å². The van der Waals surface area contributed by atoms with Gasteiger partial charge in [-0.15, -0.1) is 0 Å². The fourth-order valence-electron chi connectivity index (χ4n) is 2.86. The van der Waals surface area contributed by atoms with Crippen LogP contribution in [0.15, 0.2) is 53.2 Å². The van der Waals surface area contributed by atoms with Crippen molar-refractivity contribution in [2.75, 3.05) is 0 Å². The van der Waals surface area contributed by atoms with Crippen LogP contribution in [0.5, 0.6) is 5.75 Å². The largest absolute Gasteiger partial charge is 0.486 e. The Hall–Kier alpha value is -2.82. The van der Waals surface area contributed by atoms with Crippen molar-refractivity contribution >= 4 is 5.91 Å². The van der Waals surface area contributed by atoms with Gasteiger partial charge in [0, 0.05) is 12.4 Å². The third kappa shape index (κ3) is 2.77. The SMILES string of the molecule is O=C(c1ccc(COc2ccc3c(c2)CCC3)o1)n1cccn1. The van der Waals surface area contributed by atoms with E-state index in [1.165, 1.54) is 22.2 Å². The molecule has 0 unspecified atom stereocenters. The van der Waals surface area contributed by atoms with Crippen LogP contribution in [0, 0.1) is 0 Å². The maximum absolute atomic E-state index is 12.1. The standard InChI is InChI=1S/C18H16N2O3/c21-18(20-10-2-9-19-20)17-8-7-16(23-17)12-22-15-6-5-13-3-1-4-14(13)11-15/h2,5-11H,1,3-4,12H2. The van der Waals surface area contributed by atoms with Crippen molar-refractivity contribution in [3.8, 4) is 5.75 Å². The molecule has 0 N–H and O–H groups in total. The number of aryl methyl sites for hydroxylation is 2. The van der Waals surface area contributed by atoms with Crippen molar-refractivity contribution < 1.29 is 13.9 Å². The van der Waals surface area contributed by atoms with Gasteiger partial charge in [-0.2, -0.15) is 5.10 Å². The summed E-state index contributed by atoms with van der Waals surface area (Å²) in [6, 6.07) is 11.3. The lowest BCUT2D eigenvalue weighted by molar-refractivity contribution is 0.0913. The normalized spacial score (nSPS) is 13.0. The number of hydrogen-bond acceptors (Lipinski definition) is 4. The van der Waals surface area contributed by atoms with Crippen molar-refractivity contribution in [1.82, 2.24) is 9.78 Å². The highest BCUT2D eigenvalue weighted by Gasteiger charge is 2.14. The van der Waals surface area contributed by atoms with Crippen LogP contribution in [0.25, 0.3) is 0 Å². The van der Waals surface area contributed by atoms with Gasteiger partial charge in [0.2, 0.25) is 0 Å². The molecule has 1 aliphatic carbocycles. The number of benzene rings is 1. The van der Waals surface area contributed by atoms with E-state index >= 15 is 0 Å². The first-order chi connectivity index (χ1) is 11.3. The fraction of sp³-hybridized carbons (Fsp3) is 0.222. The number of nitrogens with zero attached hydrogens (tertiary/aromatic N) is 2. The van der Waals surface area contributed by atoms with Gasteiger partial charge in [-0.05, 0) is 60.7 Å². The Kier molecular flexibility index (Phi) is 3.46. The first kappa shape index (κ1) is 13.8. The van der Waals surface area contributed by atoms with Crippen LogP contribution >= 0.6 is 0 Å². The summed E-state index contributed by atoms with van der Waals surface area (Å²) in [6.07, 6.45) is 6.64. The molecule has 0 radical (unpaired) electrons. The molecular formula is C18H16N2O3. The molecule has 116 valence electrons. The number of carbonyl (C=O) groups excluding carboxylic acids is 1. The molecule has 0 saturated heterocycles. The van der Waals surface area contributed by atoms with Crippen LogP contribution in [0.4, 0.5) is 0 Å². The Balaban J connectivity index is 1.43. The minimum absolute atomic E-state index is 0.251. The summed E-state index contributed by atoms with van der Waals surface area (Å²) in [5.74, 6) is 1.41. The van der Waals surface area contributed by atoms with Crippen LogP contribution in [-0.2, 0) is 19.4 Å². The molecule has 2 aromatic heterocycles. The summed E-state index contributed by atoms with van der Waals surface area (Å²) in [5.41, 5.74) is 2.79. The number of hydrogen-bond donors (Lipinski definition) is 0. The molecule has 0 bridgehead atoms. The number of rotatable bonds is 4. The lowest BCUT2D eigenvalue weighted by Gasteiger charge is -2.06. The molecule has 0 aliphatic heterocycles. The lowest BCUT2D eigenvalue weighted by atomic mass is 10.1. The van der Waals surface area contributed by atoms with Gasteiger partial charge in [-0.1, -0.05) is 6.07 Å². The average Bonchev–Trinajstić information content (AvgIpc) is 3.32. The first-order valence-corrected chi connectivity index (χ1v) is 7.67. The topological polar surface area (TPSA) is 57.3 Å². The number of carbonyl (C=O) groups is 1. The predicted molar refractivity (Wildman–Crippen MR) is 83.5 cm³/mol. The zero-order chi connectivity index (χ0) is 15.6. The third-order valence-electron chi connectivity index (χ3n) is 4.04. The van der Waals surface area contributed by atoms with Gasteiger partial charge in [-0.25, -0.2) is 4.68 Å². The first-order valence-electron chi connectivity index (χ1n) is 7.67. The third-order valence-corrected chi connectivity index (χ3v) is 4.04. The second kappa shape index (κ2) is 5.76. The minimum atomic E-state index is -0.293. The molecule has 0 atom stereocenters. The summed E-state index contributed by atoms with van der Waals surface area (Å²) in [6.45, 7) is 0.297. The Morgan fingerprint density at radius 3 is 3.00 bits per heavy atom. The molecule has 0 fully saturated rings. The Morgan fingerprint density at radius 1 is 1.22 bits per heavy atom. The minimum Gasteiger partial charge on any atom is -0.486 e. The summed E-state index contributed by atoms with van der Waals surface area (Å²) in [7, 11) is 0. The maximum Gasteiger partial charge on any atom is 0.313 e. The summed E-state index contributed by atoms with van der Waals surface area (Å²) < 4.78 is 12.6. The second-order valence-electron chi connectivity index (χ2n) is 5.59. The van der Waals surface area contributed by atoms with Crippen LogP contribution in [0.3, 0.4) is 0 Å². The maximum atomic E-state index is 12.1. The number of fused-ring (bicyclic) bond motifs is 1. The molecule has 3 aromatic rings. The summed E-state index contributed by atoms with van der Waals surface area (Å²) in [5, 5.41) is 3.90. The highest BCUT2D eigenvalue weighted by molar-refractivity contribution is 5.92. The van der Waals surface area contributed by atoms with E-state index in [2.05, 4.69) is 17.2 Å². The van der Waals surface area contributed by atoms with E-state index in [-0.39, 0.29) is 11.7 Å². The highest BCUT2D eigenvalue weighted by atomic mass is 16.5. The number of ether oxygens (including phenoxy) is 1. The Bertz CT molecular complexity index is 834. The van der Waals surface area contributed by atoms with Gasteiger partial charge in [0.25, 0.3) is 0 Å². The Labute approximate surface area is 133 Å². The average molecular weight is 308 g/mol. The van der Waals surface area contributed by atoms with E-state index < -0.39 is 0 Å². The van der Waals surface area contributed by atoms with E-state index in [9.17, 15) is 4.79 Å². The summed E-state index contributed by atoms with van der Waals surface area (Å²) in [4.78, 5) is 12.1. The fourth-order valence-corrected chi connectivity index (χ4v) is 2.86. The molecule has 1 aliphatic rings. The monoisotopic (exact) mass is 308 g/mol. The molecule has 0 amide bonds. The van der Waals surface area contributed by atoms with Crippen molar-refractivity contribution in [1.29, 1.82) is 0 Å². The van der Waals surface area contributed by atoms with Crippen LogP contribution in [-0.4, -0.2) is 15.7 Å². The molecule has 5 heteroatoms. The van der Waals surface area contributed by atoms with Crippen LogP contribution in [0.2, 0.25) is 0 Å². The molecule has 5 nitrogen and oxygen atoms in total. The van der Waals surface area contributed by atoms with Crippen molar-refractivity contribution in [3.63, 3.8) is 0 Å². The van der Waals surface area contributed by atoms with Gasteiger partial charge in [0.05, 0.1) is 0 Å². The quantitative estimate of drug-likeness (QED) is 0.742. The smallest absolute Gasteiger partial charge is 0.313 e. The number of furan rings is 1. The van der Waals surface area contributed by atoms with E-state index in [1.807, 2.05) is 6.07 Å². The van der Waals surface area contributed by atoms with E-state index in [1.54, 1.807) is 30.6 Å². The lowest BCUT2D eigenvalue weighted by Crippen LogP contribution is -2.11. The van der Waals surface area contributed by atoms with Gasteiger partial charge in [0.15, 0.2) is 5.76 Å². The molecule has 0 saturated carbocycles. The zero-order valence-corrected chi connectivity index (χ0v) is 12.6. The molecule has 4 rings (SSSR count). The molecule has 23 heavy (non-hydrogen) atoms. The van der Waals surface area contributed by atoms with Crippen LogP contribution in [0.1, 0.15) is 33.9 Å². The molecule has 1 aromatic carbocycles. The Morgan fingerprint density at radius 2 is 2.13 bits per heavy atom. The zero-order valence-electron chi connectivity index (χ0n) is 12.6. The molecular weight excluding hydrogens is 292 g/mol. The van der Waals surface area contributed by atoms with Crippen molar-refractivity contribution in [2.24, 2.45) is 0 Å². The van der Waals surface area contributed by atoms with Crippen molar-refractivity contribution in [2.45, 2.75) is 25.9 Å². The van der Waals surface area contributed by atoms with Crippen molar-refractivity contribution in [3.05, 3.63) is 71.4 Å². The van der Waals surface area contributed by atoms with E-state index in [4.69, 9.17) is 9.15 Å². The highest BCUT2D eigenvalue weighted by Crippen LogP contribution is 2.26. The van der Waals surface area contributed by atoms with Gasteiger partial charge >= 0.3 is 5.91 Å². The van der Waals surface area contributed by atoms with Crippen LogP contribution < -0.4 is 4.74 Å². The van der Waals surface area contributed by atoms with E-state index in [0.29, 0.717) is 12.4 Å².